The Morgan fingerprint density at radius 1 is 1.23 bits per heavy atom. The molecule has 2 amide bonds. The fourth-order valence-corrected chi connectivity index (χ4v) is 3.76. The number of benzene rings is 1. The molecule has 0 aromatic heterocycles. The zero-order valence-electron chi connectivity index (χ0n) is 14.7. The first-order valence-electron chi connectivity index (χ1n) is 8.76. The van der Waals surface area contributed by atoms with E-state index in [0.29, 0.717) is 43.3 Å². The van der Waals surface area contributed by atoms with Gasteiger partial charge in [-0.1, -0.05) is 18.5 Å². The summed E-state index contributed by atoms with van der Waals surface area (Å²) >= 11 is 6.44. The number of carboxylic acids is 1. The predicted molar refractivity (Wildman–Crippen MR) is 98.6 cm³/mol. The number of halogens is 1. The first kappa shape index (κ1) is 18.5. The van der Waals surface area contributed by atoms with Crippen LogP contribution in [-0.2, 0) is 14.4 Å². The van der Waals surface area contributed by atoms with Crippen LogP contribution in [0.4, 0.5) is 11.4 Å². The van der Waals surface area contributed by atoms with Crippen molar-refractivity contribution in [1.29, 1.82) is 0 Å². The standard InChI is InChI=1S/C18H22ClN3O4/c1-2-16(23)21-7-5-20(6-8-21)15-4-3-13(10-14(15)19)22-11-12(18(25)26)9-17(22)24/h3-4,10,12H,2,5-9,11H2,1H3,(H,25,26)/t12-/m1/s1. The summed E-state index contributed by atoms with van der Waals surface area (Å²) < 4.78 is 0. The maximum Gasteiger partial charge on any atom is 0.308 e. The van der Waals surface area contributed by atoms with Gasteiger partial charge in [0.2, 0.25) is 11.8 Å². The van der Waals surface area contributed by atoms with Crippen molar-refractivity contribution in [3.05, 3.63) is 23.2 Å². The quantitative estimate of drug-likeness (QED) is 0.863. The van der Waals surface area contributed by atoms with Gasteiger partial charge in [0.05, 0.1) is 16.6 Å². The largest absolute Gasteiger partial charge is 0.481 e. The molecule has 0 unspecified atom stereocenters. The second-order valence-electron chi connectivity index (χ2n) is 6.60. The van der Waals surface area contributed by atoms with Crippen LogP contribution in [0.5, 0.6) is 0 Å². The Kier molecular flexibility index (Phi) is 5.36. The van der Waals surface area contributed by atoms with Crippen LogP contribution in [0, 0.1) is 5.92 Å². The molecular weight excluding hydrogens is 358 g/mol. The van der Waals surface area contributed by atoms with Crippen LogP contribution in [0.15, 0.2) is 18.2 Å². The summed E-state index contributed by atoms with van der Waals surface area (Å²) in [6, 6.07) is 5.37. The second kappa shape index (κ2) is 7.53. The van der Waals surface area contributed by atoms with Crippen molar-refractivity contribution in [3.8, 4) is 0 Å². The summed E-state index contributed by atoms with van der Waals surface area (Å²) in [5.74, 6) is -1.67. The number of nitrogens with zero attached hydrogens (tertiary/aromatic N) is 3. The minimum Gasteiger partial charge on any atom is -0.481 e. The summed E-state index contributed by atoms with van der Waals surface area (Å²) in [5, 5.41) is 9.62. The number of carbonyl (C=O) groups is 3. The first-order valence-corrected chi connectivity index (χ1v) is 9.14. The van der Waals surface area contributed by atoms with E-state index in [9.17, 15) is 14.4 Å². The van der Waals surface area contributed by atoms with Crippen molar-refractivity contribution in [3.63, 3.8) is 0 Å². The van der Waals surface area contributed by atoms with Crippen LogP contribution in [0.3, 0.4) is 0 Å². The van der Waals surface area contributed by atoms with E-state index in [1.54, 1.807) is 12.1 Å². The Morgan fingerprint density at radius 3 is 2.46 bits per heavy atom. The molecular formula is C18H22ClN3O4. The minimum atomic E-state index is -0.955. The molecule has 2 aliphatic rings. The lowest BCUT2D eigenvalue weighted by atomic mass is 10.1. The van der Waals surface area contributed by atoms with E-state index in [1.807, 2.05) is 17.9 Å². The second-order valence-corrected chi connectivity index (χ2v) is 7.01. The third-order valence-corrected chi connectivity index (χ3v) is 5.30. The number of amides is 2. The van der Waals surface area contributed by atoms with Crippen LogP contribution in [-0.4, -0.2) is 60.5 Å². The van der Waals surface area contributed by atoms with Gasteiger partial charge in [-0.25, -0.2) is 0 Å². The number of hydrogen-bond donors (Lipinski definition) is 1. The monoisotopic (exact) mass is 379 g/mol. The van der Waals surface area contributed by atoms with Crippen molar-refractivity contribution < 1.29 is 19.5 Å². The highest BCUT2D eigenvalue weighted by molar-refractivity contribution is 6.33. The number of rotatable bonds is 4. The molecule has 1 atom stereocenters. The maximum absolute atomic E-state index is 12.1. The molecule has 0 saturated carbocycles. The molecule has 140 valence electrons. The van der Waals surface area contributed by atoms with Crippen LogP contribution in [0.2, 0.25) is 5.02 Å². The lowest BCUT2D eigenvalue weighted by Crippen LogP contribution is -2.48. The number of carboxylic acid groups (broad SMARTS) is 1. The highest BCUT2D eigenvalue weighted by atomic mass is 35.5. The topological polar surface area (TPSA) is 81.2 Å². The molecule has 0 aliphatic carbocycles. The van der Waals surface area contributed by atoms with E-state index in [2.05, 4.69) is 4.90 Å². The number of aliphatic carboxylic acids is 1. The van der Waals surface area contributed by atoms with Crippen molar-refractivity contribution in [2.75, 3.05) is 42.5 Å². The number of hydrogen-bond acceptors (Lipinski definition) is 4. The predicted octanol–water partition coefficient (Wildman–Crippen LogP) is 1.84. The summed E-state index contributed by atoms with van der Waals surface area (Å²) in [7, 11) is 0. The van der Waals surface area contributed by atoms with Crippen molar-refractivity contribution >= 4 is 40.8 Å². The molecule has 8 heteroatoms. The molecule has 1 aromatic rings. The Bertz CT molecular complexity index is 731. The molecule has 2 aliphatic heterocycles. The van der Waals surface area contributed by atoms with Gasteiger partial charge in [-0.15, -0.1) is 0 Å². The molecule has 2 fully saturated rings. The molecule has 3 rings (SSSR count). The zero-order valence-corrected chi connectivity index (χ0v) is 15.4. The fraction of sp³-hybridized carbons (Fsp3) is 0.500. The molecule has 1 aromatic carbocycles. The molecule has 0 bridgehead atoms. The molecule has 0 spiro atoms. The van der Waals surface area contributed by atoms with Gasteiger partial charge in [-0.05, 0) is 18.2 Å². The van der Waals surface area contributed by atoms with Gasteiger partial charge in [0.1, 0.15) is 0 Å². The number of anilines is 2. The summed E-state index contributed by atoms with van der Waals surface area (Å²) in [6.07, 6.45) is 0.527. The van der Waals surface area contributed by atoms with Crippen molar-refractivity contribution in [2.45, 2.75) is 19.8 Å². The minimum absolute atomic E-state index is 0.0160. The fourth-order valence-electron chi connectivity index (χ4n) is 3.46. The average molecular weight is 380 g/mol. The van der Waals surface area contributed by atoms with E-state index in [1.165, 1.54) is 4.90 Å². The Morgan fingerprint density at radius 2 is 1.92 bits per heavy atom. The Balaban J connectivity index is 1.70. The number of piperazine rings is 1. The molecule has 2 saturated heterocycles. The third-order valence-electron chi connectivity index (χ3n) is 4.99. The first-order chi connectivity index (χ1) is 12.4. The molecule has 26 heavy (non-hydrogen) atoms. The maximum atomic E-state index is 12.1. The van der Waals surface area contributed by atoms with E-state index in [4.69, 9.17) is 16.7 Å². The Labute approximate surface area is 157 Å². The van der Waals surface area contributed by atoms with Crippen LogP contribution >= 0.6 is 11.6 Å². The van der Waals surface area contributed by atoms with Gasteiger partial charge in [0.25, 0.3) is 0 Å². The van der Waals surface area contributed by atoms with E-state index >= 15 is 0 Å². The van der Waals surface area contributed by atoms with Crippen molar-refractivity contribution in [1.82, 2.24) is 4.90 Å². The van der Waals surface area contributed by atoms with Gasteiger partial charge in [-0.3, -0.25) is 14.4 Å². The van der Waals surface area contributed by atoms with E-state index in [-0.39, 0.29) is 24.8 Å². The highest BCUT2D eigenvalue weighted by Crippen LogP contribution is 2.33. The molecule has 0 radical (unpaired) electrons. The van der Waals surface area contributed by atoms with Crippen molar-refractivity contribution in [2.24, 2.45) is 5.92 Å². The third kappa shape index (κ3) is 3.62. The highest BCUT2D eigenvalue weighted by Gasteiger charge is 2.35. The van der Waals surface area contributed by atoms with Gasteiger partial charge in [-0.2, -0.15) is 0 Å². The van der Waals surface area contributed by atoms with Gasteiger partial charge in [0, 0.05) is 51.3 Å². The summed E-state index contributed by atoms with van der Waals surface area (Å²) in [6.45, 7) is 4.76. The van der Waals surface area contributed by atoms with Gasteiger partial charge in [0.15, 0.2) is 0 Å². The van der Waals surface area contributed by atoms with Crippen LogP contribution in [0.1, 0.15) is 19.8 Å². The Hall–Kier alpha value is -2.28. The normalized spacial score (nSPS) is 20.6. The van der Waals surface area contributed by atoms with Gasteiger partial charge >= 0.3 is 5.97 Å². The lowest BCUT2D eigenvalue weighted by Gasteiger charge is -2.36. The number of carbonyl (C=O) groups excluding carboxylic acids is 2. The van der Waals surface area contributed by atoms with Crippen LogP contribution < -0.4 is 9.80 Å². The molecule has 2 heterocycles. The zero-order chi connectivity index (χ0) is 18.8. The average Bonchev–Trinajstić information content (AvgIpc) is 3.03. The molecule has 1 N–H and O–H groups in total. The van der Waals surface area contributed by atoms with Crippen LogP contribution in [0.25, 0.3) is 0 Å². The lowest BCUT2D eigenvalue weighted by molar-refractivity contribution is -0.141. The van der Waals surface area contributed by atoms with E-state index < -0.39 is 11.9 Å². The smallest absolute Gasteiger partial charge is 0.308 e. The summed E-state index contributed by atoms with van der Waals surface area (Å²) in [5.41, 5.74) is 1.48. The van der Waals surface area contributed by atoms with Gasteiger partial charge < -0.3 is 19.8 Å². The van der Waals surface area contributed by atoms with E-state index in [0.717, 1.165) is 5.69 Å². The molecule has 7 nitrogen and oxygen atoms in total. The SMILES string of the molecule is CCC(=O)N1CCN(c2ccc(N3C[C@H](C(=O)O)CC3=O)cc2Cl)CC1. The summed E-state index contributed by atoms with van der Waals surface area (Å²) in [4.78, 5) is 40.4.